The van der Waals surface area contributed by atoms with E-state index in [0.29, 0.717) is 11.7 Å². The number of amides is 2. The van der Waals surface area contributed by atoms with Gasteiger partial charge in [0, 0.05) is 25.3 Å². The molecule has 0 bridgehead atoms. The molecule has 2 N–H and O–H groups in total. The van der Waals surface area contributed by atoms with Gasteiger partial charge in [0.2, 0.25) is 5.13 Å². The lowest BCUT2D eigenvalue weighted by Crippen LogP contribution is -2.36. The van der Waals surface area contributed by atoms with Crippen LogP contribution in [-0.4, -0.2) is 42.5 Å². The Balaban J connectivity index is 1.48. The molecule has 2 amide bonds. The van der Waals surface area contributed by atoms with E-state index < -0.39 is 0 Å². The topological polar surface area (TPSA) is 79.4 Å². The minimum atomic E-state index is -0.272. The molecule has 0 aliphatic carbocycles. The lowest BCUT2D eigenvalue weighted by Gasteiger charge is -2.28. The minimum absolute atomic E-state index is 0.272. The summed E-state index contributed by atoms with van der Waals surface area (Å²) in [5.41, 5.74) is 2.24. The monoisotopic (exact) mass is 347 g/mol. The number of carbonyl (C=O) groups excluding carboxylic acids is 1. The molecule has 0 spiro atoms. The molecule has 0 atom stereocenters. The van der Waals surface area contributed by atoms with Crippen LogP contribution in [0.2, 0.25) is 0 Å². The maximum Gasteiger partial charge on any atom is 0.321 e. The summed E-state index contributed by atoms with van der Waals surface area (Å²) in [6, 6.07) is 7.96. The second-order valence-corrected chi connectivity index (χ2v) is 6.49. The maximum atomic E-state index is 11.9. The van der Waals surface area contributed by atoms with E-state index in [1.165, 1.54) is 17.0 Å². The van der Waals surface area contributed by atoms with Gasteiger partial charge in [-0.2, -0.15) is 0 Å². The number of urea groups is 1. The molecule has 2 aromatic rings. The predicted molar refractivity (Wildman–Crippen MR) is 94.6 cm³/mol. The Morgan fingerprint density at radius 1 is 1.25 bits per heavy atom. The molecule has 1 aliphatic rings. The van der Waals surface area contributed by atoms with Gasteiger partial charge in [0.25, 0.3) is 0 Å². The average molecular weight is 347 g/mol. The van der Waals surface area contributed by atoms with Gasteiger partial charge < -0.3 is 15.0 Å². The third-order valence-corrected chi connectivity index (χ3v) is 4.74. The van der Waals surface area contributed by atoms with Crippen molar-refractivity contribution >= 4 is 28.2 Å². The molecule has 128 valence electrons. The molecular weight excluding hydrogens is 326 g/mol. The van der Waals surface area contributed by atoms with Crippen molar-refractivity contribution in [3.05, 3.63) is 34.8 Å². The van der Waals surface area contributed by atoms with E-state index in [2.05, 4.69) is 37.9 Å². The molecule has 2 heterocycles. The van der Waals surface area contributed by atoms with Gasteiger partial charge in [0.05, 0.1) is 13.2 Å². The average Bonchev–Trinajstić information content (AvgIpc) is 3.09. The number of hydrogen-bond donors (Lipinski definition) is 2. The second kappa shape index (κ2) is 8.07. The van der Waals surface area contributed by atoms with Gasteiger partial charge in [0.1, 0.15) is 5.01 Å². The highest BCUT2D eigenvalue weighted by atomic mass is 32.1. The van der Waals surface area contributed by atoms with Gasteiger partial charge in [0.15, 0.2) is 0 Å². The smallest absolute Gasteiger partial charge is 0.321 e. The first-order valence-electron chi connectivity index (χ1n) is 8.03. The van der Waals surface area contributed by atoms with Crippen molar-refractivity contribution in [2.75, 3.05) is 36.5 Å². The zero-order chi connectivity index (χ0) is 16.8. The molecule has 24 heavy (non-hydrogen) atoms. The van der Waals surface area contributed by atoms with Gasteiger partial charge in [-0.05, 0) is 24.1 Å². The summed E-state index contributed by atoms with van der Waals surface area (Å²) in [5.74, 6) is 0. The van der Waals surface area contributed by atoms with Crippen molar-refractivity contribution in [2.45, 2.75) is 19.9 Å². The van der Waals surface area contributed by atoms with Crippen LogP contribution in [0, 0.1) is 0 Å². The van der Waals surface area contributed by atoms with Crippen LogP contribution in [0.1, 0.15) is 17.5 Å². The van der Waals surface area contributed by atoms with Gasteiger partial charge in [-0.3, -0.25) is 5.32 Å². The molecule has 8 heteroatoms. The number of benzene rings is 1. The number of anilines is 2. The molecule has 0 unspecified atom stereocenters. The van der Waals surface area contributed by atoms with E-state index in [4.69, 9.17) is 4.74 Å². The Hall–Kier alpha value is -2.19. The predicted octanol–water partition coefficient (Wildman–Crippen LogP) is 2.26. The van der Waals surface area contributed by atoms with E-state index in [1.54, 1.807) is 0 Å². The number of ether oxygens (including phenoxy) is 1. The van der Waals surface area contributed by atoms with Crippen molar-refractivity contribution in [1.29, 1.82) is 0 Å². The fraction of sp³-hybridized carbons (Fsp3) is 0.438. The third kappa shape index (κ3) is 4.42. The first-order chi connectivity index (χ1) is 11.7. The highest BCUT2D eigenvalue weighted by molar-refractivity contribution is 7.15. The molecule has 7 nitrogen and oxygen atoms in total. The highest BCUT2D eigenvalue weighted by Crippen LogP contribution is 2.17. The Kier molecular flexibility index (Phi) is 5.60. The molecule has 1 aromatic heterocycles. The second-order valence-electron chi connectivity index (χ2n) is 5.43. The van der Waals surface area contributed by atoms with E-state index >= 15 is 0 Å². The van der Waals surface area contributed by atoms with Gasteiger partial charge in [-0.25, -0.2) is 4.79 Å². The van der Waals surface area contributed by atoms with Crippen LogP contribution in [-0.2, 0) is 17.7 Å². The Morgan fingerprint density at radius 2 is 2.00 bits per heavy atom. The van der Waals surface area contributed by atoms with Crippen molar-refractivity contribution in [3.8, 4) is 0 Å². The lowest BCUT2D eigenvalue weighted by atomic mass is 10.2. The Bertz CT molecular complexity index is 667. The number of hydrogen-bond acceptors (Lipinski definition) is 6. The summed E-state index contributed by atoms with van der Waals surface area (Å²) in [4.78, 5) is 14.2. The standard InChI is InChI=1S/C16H21N5O2S/c1-2-14-19-20-16(24-14)18-15(22)17-11-12-3-5-13(6-4-12)21-7-9-23-10-8-21/h3-6H,2,7-11H2,1H3,(H2,17,18,20,22). The van der Waals surface area contributed by atoms with Crippen LogP contribution in [0.4, 0.5) is 15.6 Å². The van der Waals surface area contributed by atoms with Crippen molar-refractivity contribution in [2.24, 2.45) is 0 Å². The SMILES string of the molecule is CCc1nnc(NC(=O)NCc2ccc(N3CCOCC3)cc2)s1. The normalized spacial score (nSPS) is 14.5. The number of nitrogens with one attached hydrogen (secondary N) is 2. The quantitative estimate of drug-likeness (QED) is 0.867. The molecule has 1 aromatic carbocycles. The van der Waals surface area contributed by atoms with Crippen LogP contribution in [0.5, 0.6) is 0 Å². The summed E-state index contributed by atoms with van der Waals surface area (Å²) < 4.78 is 5.36. The Morgan fingerprint density at radius 3 is 2.67 bits per heavy atom. The number of carbonyl (C=O) groups is 1. The first kappa shape index (κ1) is 16.7. The fourth-order valence-corrected chi connectivity index (χ4v) is 3.09. The van der Waals surface area contributed by atoms with Crippen LogP contribution >= 0.6 is 11.3 Å². The fourth-order valence-electron chi connectivity index (χ4n) is 2.42. The van der Waals surface area contributed by atoms with Gasteiger partial charge >= 0.3 is 6.03 Å². The molecule has 1 fully saturated rings. The van der Waals surface area contributed by atoms with E-state index in [9.17, 15) is 4.79 Å². The van der Waals surface area contributed by atoms with Crippen molar-refractivity contribution in [1.82, 2.24) is 15.5 Å². The van der Waals surface area contributed by atoms with Crippen LogP contribution < -0.4 is 15.5 Å². The summed E-state index contributed by atoms with van der Waals surface area (Å²) in [6.07, 6.45) is 0.816. The highest BCUT2D eigenvalue weighted by Gasteiger charge is 2.11. The van der Waals surface area contributed by atoms with E-state index in [-0.39, 0.29) is 6.03 Å². The van der Waals surface area contributed by atoms with Crippen molar-refractivity contribution in [3.63, 3.8) is 0 Å². The third-order valence-electron chi connectivity index (χ3n) is 3.76. The Labute approximate surface area is 145 Å². The van der Waals surface area contributed by atoms with Crippen LogP contribution in [0.3, 0.4) is 0 Å². The summed E-state index contributed by atoms with van der Waals surface area (Å²) in [5, 5.41) is 14.9. The number of aryl methyl sites for hydroxylation is 1. The number of morpholine rings is 1. The summed E-state index contributed by atoms with van der Waals surface area (Å²) in [7, 11) is 0. The zero-order valence-electron chi connectivity index (χ0n) is 13.6. The number of rotatable bonds is 5. The minimum Gasteiger partial charge on any atom is -0.378 e. The summed E-state index contributed by atoms with van der Waals surface area (Å²) in [6.45, 7) is 5.85. The van der Waals surface area contributed by atoms with Crippen LogP contribution in [0.15, 0.2) is 24.3 Å². The summed E-state index contributed by atoms with van der Waals surface area (Å²) >= 11 is 1.39. The largest absolute Gasteiger partial charge is 0.378 e. The van der Waals surface area contributed by atoms with Crippen LogP contribution in [0.25, 0.3) is 0 Å². The van der Waals surface area contributed by atoms with E-state index in [0.717, 1.165) is 43.3 Å². The van der Waals surface area contributed by atoms with Crippen molar-refractivity contribution < 1.29 is 9.53 Å². The van der Waals surface area contributed by atoms with E-state index in [1.807, 2.05) is 19.1 Å². The molecule has 0 saturated carbocycles. The zero-order valence-corrected chi connectivity index (χ0v) is 14.4. The molecule has 3 rings (SSSR count). The molecule has 1 saturated heterocycles. The van der Waals surface area contributed by atoms with Gasteiger partial charge in [-0.1, -0.05) is 30.4 Å². The lowest BCUT2D eigenvalue weighted by molar-refractivity contribution is 0.122. The molecule has 0 radical (unpaired) electrons. The first-order valence-corrected chi connectivity index (χ1v) is 8.85. The maximum absolute atomic E-state index is 11.9. The number of aromatic nitrogens is 2. The van der Waals surface area contributed by atoms with Gasteiger partial charge in [-0.15, -0.1) is 10.2 Å². The molecular formula is C16H21N5O2S. The number of nitrogens with zero attached hydrogens (tertiary/aromatic N) is 3. The molecule has 1 aliphatic heterocycles.